The Morgan fingerprint density at radius 2 is 0.716 bits per heavy atom. The summed E-state index contributed by atoms with van der Waals surface area (Å²) >= 11 is 0. The molecule has 6 amide bonds. The highest BCUT2D eigenvalue weighted by molar-refractivity contribution is 5.81. The van der Waals surface area contributed by atoms with E-state index in [1.54, 1.807) is 27.7 Å². The van der Waals surface area contributed by atoms with Crippen molar-refractivity contribution in [2.45, 2.75) is 284 Å². The van der Waals surface area contributed by atoms with Crippen molar-refractivity contribution in [1.29, 1.82) is 0 Å². The van der Waals surface area contributed by atoms with E-state index in [9.17, 15) is 47.9 Å². The fraction of sp³-hybridized carbons (Fsp3) is 0.813. The lowest BCUT2D eigenvalue weighted by atomic mass is 9.61. The van der Waals surface area contributed by atoms with Crippen LogP contribution in [-0.4, -0.2) is 175 Å². The molecule has 12 atom stereocenters. The molecule has 0 radical (unpaired) electrons. The van der Waals surface area contributed by atoms with Crippen molar-refractivity contribution in [3.8, 4) is 0 Å². The van der Waals surface area contributed by atoms with E-state index in [4.69, 9.17) is 47.4 Å². The van der Waals surface area contributed by atoms with Gasteiger partial charge >= 0.3 is 60.4 Å². The highest BCUT2D eigenvalue weighted by Gasteiger charge is 2.46. The smallest absolute Gasteiger partial charge is 0.407 e. The molecule has 27 heteroatoms. The standard InChI is InChI=1S/C39H66N4O12.C34H59N3O8.2CH4/c1-11-31(45)52-20-26(2)54-33(47)41-25-39(10)19-30(17-37(7,8)23-39)43-35(49)55-27(3)21-53-32(46)40-24-38(9)18-29(16-36(5,6)22-38)42-34(48)51-15-13-12-14-50-28(4)44;1-11-27(38)42-18-23(2)44-28(39)12-13-33(8)16-25(14-31(4,5)20-33)36-29(40)43-19-24(3)45-30(41)37-26-15-32(6,7)21-34(9,17-26)22-35-10;;/h11,26-27,29-30H,1,12-25H2,2-10H3,(H,40,46)(H,41,47)(H,42,48)(H,43,49);11,23-26,35H,1,12-22H2,2-10H3,(H,36,40)(H,37,41);2*1H4. The molecule has 27 nitrogen and oxygen atoms in total. The molecule has 0 spiro atoms. The molecule has 4 aliphatic rings. The first kappa shape index (κ1) is 93.0. The van der Waals surface area contributed by atoms with Crippen LogP contribution in [0, 0.1) is 43.3 Å². The van der Waals surface area contributed by atoms with Crippen molar-refractivity contribution in [2.75, 3.05) is 66.3 Å². The molecule has 0 bridgehead atoms. The van der Waals surface area contributed by atoms with Crippen molar-refractivity contribution < 1.29 is 95.3 Å². The molecule has 12 unspecified atom stereocenters. The van der Waals surface area contributed by atoms with Crippen molar-refractivity contribution in [2.24, 2.45) is 43.3 Å². The Labute approximate surface area is 609 Å². The van der Waals surface area contributed by atoms with Gasteiger partial charge in [0, 0.05) is 69.3 Å². The molecule has 0 aliphatic heterocycles. The fourth-order valence-corrected chi connectivity index (χ4v) is 16.3. The van der Waals surface area contributed by atoms with E-state index < -0.39 is 72.9 Å². The number of ether oxygens (including phenoxy) is 10. The number of carbonyl (C=O) groups is 10. The van der Waals surface area contributed by atoms with Gasteiger partial charge in [0.1, 0.15) is 50.8 Å². The molecule has 0 heterocycles. The second-order valence-corrected chi connectivity index (χ2v) is 33.3. The van der Waals surface area contributed by atoms with Crippen LogP contribution in [0.5, 0.6) is 0 Å². The first-order valence-corrected chi connectivity index (χ1v) is 35.5. The maximum atomic E-state index is 12.9. The summed E-state index contributed by atoms with van der Waals surface area (Å²) in [7, 11) is 1.95. The SMILES string of the molecule is C.C.C=CC(=O)OCC(C)OC(=O)CCC1(C)CC(NC(=O)OCC(C)OC(=O)NC2CC(C)(C)CC(C)(CNC)C2)CC(C)(C)C1.C=CC(=O)OCC(C)OC(=O)NCC1(C)CC(NC(=O)OC(C)COC(=O)NCC2(C)CC(NC(=O)OCCCCOC(C)=O)CC(C)(C)C2)CC(C)(C)C1. The van der Waals surface area contributed by atoms with Gasteiger partial charge in [-0.2, -0.15) is 0 Å². The minimum atomic E-state index is -0.719. The Hall–Kier alpha value is -7.06. The Morgan fingerprint density at radius 3 is 1.11 bits per heavy atom. The lowest BCUT2D eigenvalue weighted by molar-refractivity contribution is -0.156. The summed E-state index contributed by atoms with van der Waals surface area (Å²) < 4.78 is 52.6. The zero-order chi connectivity index (χ0) is 75.5. The van der Waals surface area contributed by atoms with Gasteiger partial charge in [-0.25, -0.2) is 38.4 Å². The number of unbranched alkanes of at least 4 members (excludes halogenated alkanes) is 1. The van der Waals surface area contributed by atoms with Gasteiger partial charge in [0.15, 0.2) is 0 Å². The predicted octanol–water partition coefficient (Wildman–Crippen LogP) is 12.8. The van der Waals surface area contributed by atoms with Crippen molar-refractivity contribution in [3.63, 3.8) is 0 Å². The van der Waals surface area contributed by atoms with Crippen LogP contribution in [0.25, 0.3) is 0 Å². The van der Waals surface area contributed by atoms with Crippen LogP contribution in [0.15, 0.2) is 25.3 Å². The second-order valence-electron chi connectivity index (χ2n) is 33.3. The third kappa shape index (κ3) is 37.9. The number of esters is 4. The monoisotopic (exact) mass is 1450 g/mol. The predicted molar refractivity (Wildman–Crippen MR) is 389 cm³/mol. The molecule has 102 heavy (non-hydrogen) atoms. The van der Waals surface area contributed by atoms with E-state index in [1.807, 2.05) is 14.0 Å². The summed E-state index contributed by atoms with van der Waals surface area (Å²) in [6.45, 7) is 42.0. The Bertz CT molecular complexity index is 2740. The van der Waals surface area contributed by atoms with Gasteiger partial charge in [0.25, 0.3) is 0 Å². The quantitative estimate of drug-likeness (QED) is 0.0142. The first-order valence-electron chi connectivity index (χ1n) is 35.5. The van der Waals surface area contributed by atoms with E-state index in [-0.39, 0.29) is 140 Å². The number of nitrogens with one attached hydrogen (secondary N) is 7. The maximum absolute atomic E-state index is 12.9. The van der Waals surface area contributed by atoms with E-state index in [1.165, 1.54) is 6.92 Å². The molecule has 7 N–H and O–H groups in total. The topological polar surface area (TPSA) is 347 Å². The molecular formula is C75H133N7O20. The molecule has 4 rings (SSSR count). The average Bonchev–Trinajstić information content (AvgIpc) is 0.821. The number of amides is 6. The Kier molecular flexibility index (Phi) is 38.3. The van der Waals surface area contributed by atoms with Crippen LogP contribution in [-0.2, 0) is 66.5 Å². The van der Waals surface area contributed by atoms with Gasteiger partial charge < -0.3 is 84.6 Å². The van der Waals surface area contributed by atoms with Crippen molar-refractivity contribution in [1.82, 2.24) is 37.2 Å². The van der Waals surface area contributed by atoms with E-state index in [0.29, 0.717) is 58.0 Å². The van der Waals surface area contributed by atoms with Crippen molar-refractivity contribution in [3.05, 3.63) is 25.3 Å². The van der Waals surface area contributed by atoms with Crippen LogP contribution in [0.3, 0.4) is 0 Å². The first-order chi connectivity index (χ1) is 46.3. The summed E-state index contributed by atoms with van der Waals surface area (Å²) in [5.74, 6) is -1.86. The normalized spacial score (nSPS) is 26.1. The van der Waals surface area contributed by atoms with E-state index in [0.717, 1.165) is 70.1 Å². The molecule has 0 saturated heterocycles. The average molecular weight is 1450 g/mol. The number of carbonyl (C=O) groups excluding carboxylic acids is 10. The molecule has 0 aromatic carbocycles. The van der Waals surface area contributed by atoms with Gasteiger partial charge in [0.05, 0.1) is 13.2 Å². The summed E-state index contributed by atoms with van der Waals surface area (Å²) in [6, 6.07) is -0.511. The molecule has 4 aliphatic carbocycles. The lowest BCUT2D eigenvalue weighted by Gasteiger charge is -2.47. The molecule has 0 aromatic heterocycles. The van der Waals surface area contributed by atoms with E-state index in [2.05, 4.69) is 127 Å². The minimum absolute atomic E-state index is 0. The van der Waals surface area contributed by atoms with Crippen LogP contribution in [0.1, 0.15) is 235 Å². The van der Waals surface area contributed by atoms with Gasteiger partial charge in [-0.3, -0.25) is 9.59 Å². The number of rotatable bonds is 32. The molecule has 4 saturated carbocycles. The van der Waals surface area contributed by atoms with Crippen LogP contribution in [0.2, 0.25) is 0 Å². The third-order valence-electron chi connectivity index (χ3n) is 18.4. The second kappa shape index (κ2) is 42.0. The summed E-state index contributed by atoms with van der Waals surface area (Å²) in [4.78, 5) is 122. The van der Waals surface area contributed by atoms with Gasteiger partial charge in [0.2, 0.25) is 0 Å². The molecule has 588 valence electrons. The highest BCUT2D eigenvalue weighted by Crippen LogP contribution is 2.50. The third-order valence-corrected chi connectivity index (χ3v) is 18.4. The van der Waals surface area contributed by atoms with Gasteiger partial charge in [-0.1, -0.05) is 111 Å². The maximum Gasteiger partial charge on any atom is 0.407 e. The molecule has 0 aromatic rings. The zero-order valence-corrected chi connectivity index (χ0v) is 63.5. The summed E-state index contributed by atoms with van der Waals surface area (Å²) in [5, 5.41) is 20.9. The Balaban J connectivity index is 0.00000102. The number of hydrogen-bond acceptors (Lipinski definition) is 21. The Morgan fingerprint density at radius 1 is 0.402 bits per heavy atom. The van der Waals surface area contributed by atoms with Gasteiger partial charge in [-0.05, 0) is 174 Å². The summed E-state index contributed by atoms with van der Waals surface area (Å²) in [5.41, 5.74) is -1.03. The zero-order valence-electron chi connectivity index (χ0n) is 63.5. The van der Waals surface area contributed by atoms with Crippen molar-refractivity contribution >= 4 is 60.4 Å². The van der Waals surface area contributed by atoms with Crippen LogP contribution >= 0.6 is 0 Å². The number of alkyl carbamates (subject to hydrolysis) is 6. The summed E-state index contributed by atoms with van der Waals surface area (Å²) in [6.07, 6.45) is 7.51. The lowest BCUT2D eigenvalue weighted by Crippen LogP contribution is -2.51. The minimum Gasteiger partial charge on any atom is -0.466 e. The molecular weight excluding hydrogens is 1320 g/mol. The largest absolute Gasteiger partial charge is 0.466 e. The van der Waals surface area contributed by atoms with Gasteiger partial charge in [-0.15, -0.1) is 0 Å². The fourth-order valence-electron chi connectivity index (χ4n) is 16.3. The van der Waals surface area contributed by atoms with E-state index >= 15 is 0 Å². The molecule has 4 fully saturated rings. The van der Waals surface area contributed by atoms with Crippen LogP contribution < -0.4 is 37.2 Å². The van der Waals surface area contributed by atoms with Crippen LogP contribution in [0.4, 0.5) is 28.8 Å². The number of hydrogen-bond donors (Lipinski definition) is 7. The highest BCUT2D eigenvalue weighted by atomic mass is 16.6.